The summed E-state index contributed by atoms with van der Waals surface area (Å²) in [6, 6.07) is 0. The minimum Gasteiger partial charge on any atom is -0.329 e. The molecule has 1 aliphatic heterocycles. The number of piperazine rings is 1. The molecule has 0 aromatic carbocycles. The van der Waals surface area contributed by atoms with Crippen molar-refractivity contribution in [1.29, 1.82) is 0 Å². The predicted octanol–water partition coefficient (Wildman–Crippen LogP) is -0.617. The molecule has 0 bridgehead atoms. The Morgan fingerprint density at radius 1 is 1.27 bits per heavy atom. The Bertz CT molecular complexity index is 136. The Balaban J connectivity index is 1.92. The van der Waals surface area contributed by atoms with Gasteiger partial charge in [0.05, 0.1) is 0 Å². The first-order valence-electron chi connectivity index (χ1n) is 4.53. The van der Waals surface area contributed by atoms with Gasteiger partial charge in [0.15, 0.2) is 0 Å². The highest BCUT2D eigenvalue weighted by molar-refractivity contribution is 5.05. The number of nitrogens with one attached hydrogen (secondary N) is 1. The molecule has 0 spiro atoms. The van der Waals surface area contributed by atoms with Crippen LogP contribution in [-0.4, -0.2) is 43.2 Å². The highest BCUT2D eigenvalue weighted by Crippen LogP contribution is 2.40. The molecule has 0 aromatic heterocycles. The van der Waals surface area contributed by atoms with Crippen molar-refractivity contribution in [3.05, 3.63) is 0 Å². The van der Waals surface area contributed by atoms with Crippen LogP contribution in [0.5, 0.6) is 0 Å². The second-order valence-electron chi connectivity index (χ2n) is 3.67. The van der Waals surface area contributed by atoms with Gasteiger partial charge in [-0.25, -0.2) is 0 Å². The molecule has 1 saturated heterocycles. The lowest BCUT2D eigenvalue weighted by molar-refractivity contribution is 0.160. The molecular formula is C8H17N3. The van der Waals surface area contributed by atoms with Gasteiger partial charge >= 0.3 is 0 Å². The van der Waals surface area contributed by atoms with E-state index in [0.29, 0.717) is 5.54 Å². The fourth-order valence-corrected chi connectivity index (χ4v) is 1.93. The average Bonchev–Trinajstić information content (AvgIpc) is 2.86. The maximum absolute atomic E-state index is 5.74. The van der Waals surface area contributed by atoms with Crippen molar-refractivity contribution in [3.63, 3.8) is 0 Å². The topological polar surface area (TPSA) is 41.3 Å². The highest BCUT2D eigenvalue weighted by atomic mass is 15.3. The molecule has 2 fully saturated rings. The normalized spacial score (nSPS) is 30.3. The van der Waals surface area contributed by atoms with Crippen molar-refractivity contribution in [1.82, 2.24) is 10.2 Å². The van der Waals surface area contributed by atoms with E-state index in [1.807, 2.05) is 0 Å². The maximum Gasteiger partial charge on any atom is 0.0334 e. The van der Waals surface area contributed by atoms with Crippen LogP contribution in [0.2, 0.25) is 0 Å². The van der Waals surface area contributed by atoms with Gasteiger partial charge in [0.2, 0.25) is 0 Å². The van der Waals surface area contributed by atoms with Crippen molar-refractivity contribution in [3.8, 4) is 0 Å². The minimum absolute atomic E-state index is 0.433. The maximum atomic E-state index is 5.74. The summed E-state index contributed by atoms with van der Waals surface area (Å²) in [5, 5.41) is 3.36. The number of hydrogen-bond donors (Lipinski definition) is 2. The van der Waals surface area contributed by atoms with Gasteiger partial charge in [-0.3, -0.25) is 4.90 Å². The van der Waals surface area contributed by atoms with Crippen molar-refractivity contribution in [2.45, 2.75) is 18.4 Å². The SMILES string of the molecule is NCC1(N2CCNCC2)CC1. The van der Waals surface area contributed by atoms with Gasteiger partial charge in [0.25, 0.3) is 0 Å². The summed E-state index contributed by atoms with van der Waals surface area (Å²) in [5.74, 6) is 0. The molecule has 1 saturated carbocycles. The van der Waals surface area contributed by atoms with Crippen LogP contribution in [0.1, 0.15) is 12.8 Å². The van der Waals surface area contributed by atoms with E-state index in [1.165, 1.54) is 25.9 Å². The van der Waals surface area contributed by atoms with Crippen molar-refractivity contribution >= 4 is 0 Å². The van der Waals surface area contributed by atoms with Crippen molar-refractivity contribution < 1.29 is 0 Å². The molecule has 11 heavy (non-hydrogen) atoms. The molecular weight excluding hydrogens is 138 g/mol. The molecule has 3 heteroatoms. The average molecular weight is 155 g/mol. The summed E-state index contributed by atoms with van der Waals surface area (Å²) in [6.45, 7) is 5.52. The van der Waals surface area contributed by atoms with E-state index in [0.717, 1.165) is 19.6 Å². The molecule has 0 atom stereocenters. The van der Waals surface area contributed by atoms with Crippen LogP contribution in [0, 0.1) is 0 Å². The number of hydrogen-bond acceptors (Lipinski definition) is 3. The van der Waals surface area contributed by atoms with E-state index >= 15 is 0 Å². The van der Waals surface area contributed by atoms with Crippen LogP contribution in [-0.2, 0) is 0 Å². The van der Waals surface area contributed by atoms with Crippen LogP contribution < -0.4 is 11.1 Å². The second kappa shape index (κ2) is 2.73. The number of nitrogens with zero attached hydrogens (tertiary/aromatic N) is 1. The second-order valence-corrected chi connectivity index (χ2v) is 3.67. The van der Waals surface area contributed by atoms with Crippen LogP contribution in [0.4, 0.5) is 0 Å². The lowest BCUT2D eigenvalue weighted by atomic mass is 10.2. The number of nitrogens with two attached hydrogens (primary N) is 1. The zero-order chi connectivity index (χ0) is 7.73. The van der Waals surface area contributed by atoms with Gasteiger partial charge in [-0.2, -0.15) is 0 Å². The summed E-state index contributed by atoms with van der Waals surface area (Å²) in [6.07, 6.45) is 2.65. The zero-order valence-electron chi connectivity index (χ0n) is 6.97. The van der Waals surface area contributed by atoms with E-state index in [-0.39, 0.29) is 0 Å². The summed E-state index contributed by atoms with van der Waals surface area (Å²) in [5.41, 5.74) is 6.17. The highest BCUT2D eigenvalue weighted by Gasteiger charge is 2.46. The molecule has 0 radical (unpaired) electrons. The lowest BCUT2D eigenvalue weighted by Gasteiger charge is -2.34. The van der Waals surface area contributed by atoms with Crippen LogP contribution >= 0.6 is 0 Å². The van der Waals surface area contributed by atoms with E-state index < -0.39 is 0 Å². The Morgan fingerprint density at radius 2 is 1.91 bits per heavy atom. The quantitative estimate of drug-likeness (QED) is 0.558. The zero-order valence-corrected chi connectivity index (χ0v) is 6.97. The molecule has 1 heterocycles. The van der Waals surface area contributed by atoms with Gasteiger partial charge in [0, 0.05) is 38.3 Å². The summed E-state index contributed by atoms with van der Waals surface area (Å²) < 4.78 is 0. The van der Waals surface area contributed by atoms with Gasteiger partial charge in [-0.05, 0) is 12.8 Å². The predicted molar refractivity (Wildman–Crippen MR) is 45.5 cm³/mol. The van der Waals surface area contributed by atoms with Gasteiger partial charge in [0.1, 0.15) is 0 Å². The Morgan fingerprint density at radius 3 is 2.36 bits per heavy atom. The van der Waals surface area contributed by atoms with Crippen molar-refractivity contribution in [2.75, 3.05) is 32.7 Å². The molecule has 3 nitrogen and oxygen atoms in total. The standard InChI is InChI=1S/C8H17N3/c9-7-8(1-2-8)11-5-3-10-4-6-11/h10H,1-7,9H2. The first-order chi connectivity index (χ1) is 5.37. The van der Waals surface area contributed by atoms with Gasteiger partial charge in [-0.1, -0.05) is 0 Å². The first kappa shape index (κ1) is 7.53. The fraction of sp³-hybridized carbons (Fsp3) is 1.00. The monoisotopic (exact) mass is 155 g/mol. The van der Waals surface area contributed by atoms with E-state index in [4.69, 9.17) is 5.73 Å². The molecule has 64 valence electrons. The summed E-state index contributed by atoms with van der Waals surface area (Å²) in [4.78, 5) is 2.56. The van der Waals surface area contributed by atoms with Gasteiger partial charge in [-0.15, -0.1) is 0 Å². The third-order valence-electron chi connectivity index (χ3n) is 2.99. The molecule has 2 rings (SSSR count). The molecule has 3 N–H and O–H groups in total. The molecule has 2 aliphatic rings. The van der Waals surface area contributed by atoms with E-state index in [2.05, 4.69) is 10.2 Å². The Hall–Kier alpha value is -0.120. The van der Waals surface area contributed by atoms with E-state index in [1.54, 1.807) is 0 Å². The molecule has 0 amide bonds. The Kier molecular flexibility index (Phi) is 1.87. The van der Waals surface area contributed by atoms with Crippen LogP contribution in [0.15, 0.2) is 0 Å². The summed E-state index contributed by atoms with van der Waals surface area (Å²) in [7, 11) is 0. The largest absolute Gasteiger partial charge is 0.329 e. The minimum atomic E-state index is 0.433. The first-order valence-corrected chi connectivity index (χ1v) is 4.53. The third kappa shape index (κ3) is 1.28. The van der Waals surface area contributed by atoms with Crippen LogP contribution in [0.3, 0.4) is 0 Å². The summed E-state index contributed by atoms with van der Waals surface area (Å²) >= 11 is 0. The van der Waals surface area contributed by atoms with E-state index in [9.17, 15) is 0 Å². The lowest BCUT2D eigenvalue weighted by Crippen LogP contribution is -2.52. The molecule has 0 aromatic rings. The fourth-order valence-electron chi connectivity index (χ4n) is 1.93. The smallest absolute Gasteiger partial charge is 0.0334 e. The number of rotatable bonds is 2. The van der Waals surface area contributed by atoms with Crippen LogP contribution in [0.25, 0.3) is 0 Å². The Labute approximate surface area is 67.9 Å². The third-order valence-corrected chi connectivity index (χ3v) is 2.99. The molecule has 0 unspecified atom stereocenters. The molecule has 1 aliphatic carbocycles. The van der Waals surface area contributed by atoms with Crippen molar-refractivity contribution in [2.24, 2.45) is 5.73 Å². The van der Waals surface area contributed by atoms with Gasteiger partial charge < -0.3 is 11.1 Å².